The Bertz CT molecular complexity index is 58.1. The Labute approximate surface area is 60.0 Å². The van der Waals surface area contributed by atoms with Crippen molar-refractivity contribution in [3.8, 4) is 0 Å². The molecular formula is C9H20. The van der Waals surface area contributed by atoms with Crippen LogP contribution in [0.4, 0.5) is 0 Å². The van der Waals surface area contributed by atoms with Crippen LogP contribution in [0.15, 0.2) is 12.2 Å². The van der Waals surface area contributed by atoms with Gasteiger partial charge in [-0.25, -0.2) is 0 Å². The van der Waals surface area contributed by atoms with Gasteiger partial charge in [-0.15, -0.1) is 0 Å². The van der Waals surface area contributed by atoms with Crippen molar-refractivity contribution in [1.29, 1.82) is 0 Å². The normalized spacial score (nSPS) is 10.9. The second-order valence-electron chi connectivity index (χ2n) is 2.87. The largest absolute Gasteiger partial charge is 0.0857 e. The molecule has 0 unspecified atom stereocenters. The molecular weight excluding hydrogens is 108 g/mol. The average molecular weight is 128 g/mol. The average Bonchev–Trinajstić information content (AvgIpc) is 1.61. The van der Waals surface area contributed by atoms with Crippen molar-refractivity contribution in [2.45, 2.75) is 35.1 Å². The zero-order chi connectivity index (χ0) is 6.57. The molecule has 0 saturated carbocycles. The summed E-state index contributed by atoms with van der Waals surface area (Å²) in [4.78, 5) is 0. The first-order chi connectivity index (χ1) is 3.63. The van der Waals surface area contributed by atoms with Gasteiger partial charge in [-0.05, 0) is 11.8 Å². The first-order valence-electron chi connectivity index (χ1n) is 3.31. The van der Waals surface area contributed by atoms with Crippen LogP contribution in [0.2, 0.25) is 0 Å². The SMILES string of the molecule is C.CC(C)/C=C\C(C)C. The summed E-state index contributed by atoms with van der Waals surface area (Å²) in [6, 6.07) is 0. The van der Waals surface area contributed by atoms with Gasteiger partial charge in [0.05, 0.1) is 0 Å². The lowest BCUT2D eigenvalue weighted by Gasteiger charge is -1.95. The fraction of sp³-hybridized carbons (Fsp3) is 0.778. The maximum absolute atomic E-state index is 2.24. The van der Waals surface area contributed by atoms with Crippen molar-refractivity contribution < 1.29 is 0 Å². The van der Waals surface area contributed by atoms with E-state index in [9.17, 15) is 0 Å². The van der Waals surface area contributed by atoms with E-state index in [0.29, 0.717) is 11.8 Å². The molecule has 0 heteroatoms. The Morgan fingerprint density at radius 3 is 1.11 bits per heavy atom. The first kappa shape index (κ1) is 11.5. The summed E-state index contributed by atoms with van der Waals surface area (Å²) in [6.07, 6.45) is 4.48. The molecule has 0 amide bonds. The van der Waals surface area contributed by atoms with Crippen molar-refractivity contribution in [1.82, 2.24) is 0 Å². The van der Waals surface area contributed by atoms with E-state index in [1.54, 1.807) is 0 Å². The Morgan fingerprint density at radius 2 is 1.00 bits per heavy atom. The maximum Gasteiger partial charge on any atom is -0.0290 e. The summed E-state index contributed by atoms with van der Waals surface area (Å²) >= 11 is 0. The summed E-state index contributed by atoms with van der Waals surface area (Å²) in [5.41, 5.74) is 0. The lowest BCUT2D eigenvalue weighted by Crippen LogP contribution is -1.81. The number of hydrogen-bond donors (Lipinski definition) is 0. The van der Waals surface area contributed by atoms with Gasteiger partial charge in [0, 0.05) is 0 Å². The van der Waals surface area contributed by atoms with Gasteiger partial charge in [-0.2, -0.15) is 0 Å². The van der Waals surface area contributed by atoms with E-state index >= 15 is 0 Å². The van der Waals surface area contributed by atoms with Crippen LogP contribution in [-0.4, -0.2) is 0 Å². The van der Waals surface area contributed by atoms with E-state index in [4.69, 9.17) is 0 Å². The van der Waals surface area contributed by atoms with Crippen molar-refractivity contribution in [3.63, 3.8) is 0 Å². The zero-order valence-electron chi connectivity index (χ0n) is 6.31. The Morgan fingerprint density at radius 1 is 0.778 bits per heavy atom. The van der Waals surface area contributed by atoms with Crippen molar-refractivity contribution in [2.24, 2.45) is 11.8 Å². The third-order valence-electron chi connectivity index (χ3n) is 0.881. The highest BCUT2D eigenvalue weighted by atomic mass is 13.9. The molecule has 0 aromatic carbocycles. The van der Waals surface area contributed by atoms with E-state index in [1.807, 2.05) is 0 Å². The zero-order valence-corrected chi connectivity index (χ0v) is 6.31. The van der Waals surface area contributed by atoms with Gasteiger partial charge in [0.1, 0.15) is 0 Å². The molecule has 9 heavy (non-hydrogen) atoms. The molecule has 56 valence electrons. The first-order valence-corrected chi connectivity index (χ1v) is 3.31. The number of rotatable bonds is 2. The highest BCUT2D eigenvalue weighted by molar-refractivity contribution is 4.86. The highest BCUT2D eigenvalue weighted by Gasteiger charge is 1.85. The summed E-state index contributed by atoms with van der Waals surface area (Å²) < 4.78 is 0. The molecule has 0 aromatic heterocycles. The molecule has 0 fully saturated rings. The smallest absolute Gasteiger partial charge is 0.0290 e. The van der Waals surface area contributed by atoms with Gasteiger partial charge >= 0.3 is 0 Å². The summed E-state index contributed by atoms with van der Waals surface area (Å²) in [5, 5.41) is 0. The minimum atomic E-state index is 0. The molecule has 0 aliphatic rings. The van der Waals surface area contributed by atoms with E-state index < -0.39 is 0 Å². The molecule has 0 bridgehead atoms. The van der Waals surface area contributed by atoms with Gasteiger partial charge in [-0.3, -0.25) is 0 Å². The summed E-state index contributed by atoms with van der Waals surface area (Å²) in [5.74, 6) is 1.41. The Kier molecular flexibility index (Phi) is 7.52. The van der Waals surface area contributed by atoms with E-state index in [0.717, 1.165) is 0 Å². The van der Waals surface area contributed by atoms with Gasteiger partial charge in [-0.1, -0.05) is 47.3 Å². The topological polar surface area (TPSA) is 0 Å². The van der Waals surface area contributed by atoms with Gasteiger partial charge in [0.2, 0.25) is 0 Å². The molecule has 0 saturated heterocycles. The Balaban J connectivity index is 0. The minimum absolute atomic E-state index is 0. The fourth-order valence-corrected chi connectivity index (χ4v) is 0.444. The van der Waals surface area contributed by atoms with Crippen molar-refractivity contribution in [2.75, 3.05) is 0 Å². The van der Waals surface area contributed by atoms with Crippen LogP contribution in [0, 0.1) is 11.8 Å². The van der Waals surface area contributed by atoms with Crippen molar-refractivity contribution >= 4 is 0 Å². The van der Waals surface area contributed by atoms with Gasteiger partial charge in [0.15, 0.2) is 0 Å². The maximum atomic E-state index is 2.24. The molecule has 0 aliphatic carbocycles. The molecule has 0 N–H and O–H groups in total. The number of hydrogen-bond acceptors (Lipinski definition) is 0. The molecule has 0 nitrogen and oxygen atoms in total. The second kappa shape index (κ2) is 5.87. The lowest BCUT2D eigenvalue weighted by atomic mass is 10.1. The molecule has 0 rings (SSSR count). The van der Waals surface area contributed by atoms with E-state index in [1.165, 1.54) is 0 Å². The standard InChI is InChI=1S/C8H16.CH4/c1-7(2)5-6-8(3)4;/h5-8H,1-4H3;1H4/b6-5-;. The monoisotopic (exact) mass is 128 g/mol. The third-order valence-corrected chi connectivity index (χ3v) is 0.881. The van der Waals surface area contributed by atoms with Crippen LogP contribution in [0.25, 0.3) is 0 Å². The lowest BCUT2D eigenvalue weighted by molar-refractivity contribution is 0.780. The molecule has 0 spiro atoms. The predicted octanol–water partition coefficient (Wildman–Crippen LogP) is 3.49. The quantitative estimate of drug-likeness (QED) is 0.499. The van der Waals surface area contributed by atoms with Crippen LogP contribution >= 0.6 is 0 Å². The van der Waals surface area contributed by atoms with Crippen LogP contribution in [0.1, 0.15) is 35.1 Å². The van der Waals surface area contributed by atoms with E-state index in [-0.39, 0.29) is 7.43 Å². The van der Waals surface area contributed by atoms with Gasteiger partial charge in [0.25, 0.3) is 0 Å². The molecule has 0 atom stereocenters. The second-order valence-corrected chi connectivity index (χ2v) is 2.87. The van der Waals surface area contributed by atoms with Crippen LogP contribution < -0.4 is 0 Å². The third kappa shape index (κ3) is 11.4. The number of allylic oxidation sites excluding steroid dienone is 2. The van der Waals surface area contributed by atoms with Gasteiger partial charge < -0.3 is 0 Å². The predicted molar refractivity (Wildman–Crippen MR) is 45.5 cm³/mol. The fourth-order valence-electron chi connectivity index (χ4n) is 0.444. The highest BCUT2D eigenvalue weighted by Crippen LogP contribution is 1.99. The molecule has 0 aliphatic heterocycles. The molecule has 0 radical (unpaired) electrons. The van der Waals surface area contributed by atoms with Crippen LogP contribution in [0.3, 0.4) is 0 Å². The summed E-state index contributed by atoms with van der Waals surface area (Å²) in [7, 11) is 0. The van der Waals surface area contributed by atoms with Crippen LogP contribution in [0.5, 0.6) is 0 Å². The summed E-state index contributed by atoms with van der Waals surface area (Å²) in [6.45, 7) is 8.77. The van der Waals surface area contributed by atoms with Crippen LogP contribution in [-0.2, 0) is 0 Å². The van der Waals surface area contributed by atoms with Crippen molar-refractivity contribution in [3.05, 3.63) is 12.2 Å². The Hall–Kier alpha value is -0.260. The molecule has 0 aromatic rings. The molecule has 0 heterocycles. The van der Waals surface area contributed by atoms with E-state index in [2.05, 4.69) is 39.8 Å². The minimum Gasteiger partial charge on any atom is -0.0857 e.